The summed E-state index contributed by atoms with van der Waals surface area (Å²) in [6.45, 7) is 1.74. The molecule has 4 heteroatoms. The zero-order valence-corrected chi connectivity index (χ0v) is 15.0. The molecule has 4 bridgehead atoms. The van der Waals surface area contributed by atoms with Crippen molar-refractivity contribution < 1.29 is 9.90 Å². The highest BCUT2D eigenvalue weighted by atomic mass is 16.3. The summed E-state index contributed by atoms with van der Waals surface area (Å²) in [5, 5.41) is 12.6. The SMILES string of the molecule is O=C(NCC12CC3CC(CC(C3)C1)C2)N(CCO)Cc1ccccc1. The molecule has 0 aromatic heterocycles. The van der Waals surface area contributed by atoms with Crippen LogP contribution in [0.15, 0.2) is 30.3 Å². The average molecular weight is 342 g/mol. The third-order valence-electron chi connectivity index (χ3n) is 6.65. The molecule has 5 rings (SSSR count). The number of aliphatic hydroxyl groups is 1. The van der Waals surface area contributed by atoms with Crippen LogP contribution in [0.1, 0.15) is 44.1 Å². The Hall–Kier alpha value is -1.55. The molecule has 0 atom stereocenters. The monoisotopic (exact) mass is 342 g/mol. The molecular weight excluding hydrogens is 312 g/mol. The maximum absolute atomic E-state index is 12.7. The van der Waals surface area contributed by atoms with Gasteiger partial charge in [-0.1, -0.05) is 30.3 Å². The summed E-state index contributed by atoms with van der Waals surface area (Å²) >= 11 is 0. The van der Waals surface area contributed by atoms with E-state index in [2.05, 4.69) is 5.32 Å². The second-order valence-electron chi connectivity index (χ2n) is 8.71. The molecule has 4 nitrogen and oxygen atoms in total. The summed E-state index contributed by atoms with van der Waals surface area (Å²) in [5.74, 6) is 2.71. The minimum absolute atomic E-state index is 0.00236. The van der Waals surface area contributed by atoms with Crippen LogP contribution in [0.5, 0.6) is 0 Å². The predicted octanol–water partition coefficient (Wildman–Crippen LogP) is 3.41. The zero-order valence-electron chi connectivity index (χ0n) is 15.0. The Morgan fingerprint density at radius 1 is 1.08 bits per heavy atom. The van der Waals surface area contributed by atoms with Gasteiger partial charge in [-0.2, -0.15) is 0 Å². The second kappa shape index (κ2) is 6.99. The van der Waals surface area contributed by atoms with Crippen molar-refractivity contribution in [3.05, 3.63) is 35.9 Å². The fraction of sp³-hybridized carbons (Fsp3) is 0.667. The number of hydrogen-bond donors (Lipinski definition) is 2. The van der Waals surface area contributed by atoms with Crippen LogP contribution in [0.2, 0.25) is 0 Å². The molecule has 4 aliphatic carbocycles. The maximum atomic E-state index is 12.7. The number of carbonyl (C=O) groups is 1. The topological polar surface area (TPSA) is 52.6 Å². The number of nitrogens with one attached hydrogen (secondary N) is 1. The largest absolute Gasteiger partial charge is 0.395 e. The molecule has 0 aliphatic heterocycles. The van der Waals surface area contributed by atoms with Crippen molar-refractivity contribution in [3.63, 3.8) is 0 Å². The summed E-state index contributed by atoms with van der Waals surface area (Å²) in [7, 11) is 0. The molecule has 0 heterocycles. The first kappa shape index (κ1) is 16.9. The highest BCUT2D eigenvalue weighted by Gasteiger charge is 2.50. The van der Waals surface area contributed by atoms with Crippen molar-refractivity contribution in [1.29, 1.82) is 0 Å². The molecule has 0 saturated heterocycles. The van der Waals surface area contributed by atoms with Gasteiger partial charge in [0.15, 0.2) is 0 Å². The summed E-state index contributed by atoms with van der Waals surface area (Å²) in [5.41, 5.74) is 1.45. The van der Waals surface area contributed by atoms with Crippen LogP contribution in [0.3, 0.4) is 0 Å². The number of urea groups is 1. The molecule has 2 amide bonds. The fourth-order valence-electron chi connectivity index (χ4n) is 6.06. The smallest absolute Gasteiger partial charge is 0.317 e. The van der Waals surface area contributed by atoms with Crippen LogP contribution in [-0.2, 0) is 6.54 Å². The summed E-state index contributed by atoms with van der Waals surface area (Å²) < 4.78 is 0. The van der Waals surface area contributed by atoms with Gasteiger partial charge in [0.05, 0.1) is 6.61 Å². The molecule has 1 aromatic carbocycles. The lowest BCUT2D eigenvalue weighted by Crippen LogP contribution is -2.53. The Morgan fingerprint density at radius 2 is 1.68 bits per heavy atom. The van der Waals surface area contributed by atoms with E-state index in [1.165, 1.54) is 38.5 Å². The number of hydrogen-bond acceptors (Lipinski definition) is 2. The average Bonchev–Trinajstić information content (AvgIpc) is 2.59. The van der Waals surface area contributed by atoms with E-state index < -0.39 is 0 Å². The van der Waals surface area contributed by atoms with Crippen LogP contribution >= 0.6 is 0 Å². The van der Waals surface area contributed by atoms with Gasteiger partial charge in [-0.05, 0) is 67.3 Å². The van der Waals surface area contributed by atoms with Gasteiger partial charge in [-0.15, -0.1) is 0 Å². The number of aliphatic hydroxyl groups excluding tert-OH is 1. The van der Waals surface area contributed by atoms with Gasteiger partial charge in [0.2, 0.25) is 0 Å². The first-order chi connectivity index (χ1) is 12.2. The highest BCUT2D eigenvalue weighted by molar-refractivity contribution is 5.74. The van der Waals surface area contributed by atoms with Crippen molar-refractivity contribution >= 4 is 6.03 Å². The van der Waals surface area contributed by atoms with E-state index in [-0.39, 0.29) is 12.6 Å². The number of carbonyl (C=O) groups excluding carboxylic acids is 1. The van der Waals surface area contributed by atoms with Gasteiger partial charge in [0, 0.05) is 19.6 Å². The molecule has 4 aliphatic rings. The van der Waals surface area contributed by atoms with Gasteiger partial charge in [-0.25, -0.2) is 4.79 Å². The third kappa shape index (κ3) is 3.69. The lowest BCUT2D eigenvalue weighted by Gasteiger charge is -2.57. The maximum Gasteiger partial charge on any atom is 0.317 e. The minimum atomic E-state index is -0.0337. The predicted molar refractivity (Wildman–Crippen MR) is 97.9 cm³/mol. The van der Waals surface area contributed by atoms with Crippen molar-refractivity contribution in [3.8, 4) is 0 Å². The number of nitrogens with zero attached hydrogens (tertiary/aromatic N) is 1. The molecule has 1 aromatic rings. The standard InChI is InChI=1S/C21H30N2O2/c24-7-6-23(14-16-4-2-1-3-5-16)20(25)22-15-21-11-17-8-18(12-21)10-19(9-17)13-21/h1-5,17-19,24H,6-15H2,(H,22,25). The van der Waals surface area contributed by atoms with Gasteiger partial charge < -0.3 is 15.3 Å². The van der Waals surface area contributed by atoms with Crippen molar-refractivity contribution in [2.75, 3.05) is 19.7 Å². The van der Waals surface area contributed by atoms with E-state index >= 15 is 0 Å². The van der Waals surface area contributed by atoms with E-state index in [4.69, 9.17) is 0 Å². The fourth-order valence-corrected chi connectivity index (χ4v) is 6.06. The molecule has 25 heavy (non-hydrogen) atoms. The Labute approximate surface area is 150 Å². The Kier molecular flexibility index (Phi) is 4.72. The summed E-state index contributed by atoms with van der Waals surface area (Å²) in [4.78, 5) is 14.5. The first-order valence-corrected chi connectivity index (χ1v) is 9.83. The molecule has 0 radical (unpaired) electrons. The van der Waals surface area contributed by atoms with Gasteiger partial charge >= 0.3 is 6.03 Å². The lowest BCUT2D eigenvalue weighted by atomic mass is 9.49. The van der Waals surface area contributed by atoms with Crippen molar-refractivity contribution in [1.82, 2.24) is 10.2 Å². The van der Waals surface area contributed by atoms with E-state index in [1.807, 2.05) is 30.3 Å². The number of amides is 2. The minimum Gasteiger partial charge on any atom is -0.395 e. The quantitative estimate of drug-likeness (QED) is 0.832. The zero-order chi connectivity index (χ0) is 17.3. The summed E-state index contributed by atoms with van der Waals surface area (Å²) in [6, 6.07) is 9.97. The molecular formula is C21H30N2O2. The molecule has 2 N–H and O–H groups in total. The van der Waals surface area contributed by atoms with Crippen LogP contribution in [0, 0.1) is 23.2 Å². The highest BCUT2D eigenvalue weighted by Crippen LogP contribution is 2.59. The normalized spacial score (nSPS) is 32.6. The third-order valence-corrected chi connectivity index (χ3v) is 6.65. The molecule has 0 unspecified atom stereocenters. The van der Waals surface area contributed by atoms with Crippen LogP contribution in [-0.4, -0.2) is 35.7 Å². The molecule has 0 spiro atoms. The Bertz CT molecular complexity index is 566. The Balaban J connectivity index is 1.37. The van der Waals surface area contributed by atoms with Gasteiger partial charge in [-0.3, -0.25) is 0 Å². The van der Waals surface area contributed by atoms with E-state index in [0.29, 0.717) is 18.5 Å². The first-order valence-electron chi connectivity index (χ1n) is 9.83. The van der Waals surface area contributed by atoms with Crippen LogP contribution in [0.25, 0.3) is 0 Å². The summed E-state index contributed by atoms with van der Waals surface area (Å²) in [6.07, 6.45) is 8.20. The van der Waals surface area contributed by atoms with Crippen LogP contribution in [0.4, 0.5) is 4.79 Å². The van der Waals surface area contributed by atoms with E-state index in [9.17, 15) is 9.90 Å². The van der Waals surface area contributed by atoms with Crippen molar-refractivity contribution in [2.45, 2.75) is 45.1 Å². The van der Waals surface area contributed by atoms with Crippen molar-refractivity contribution in [2.24, 2.45) is 23.2 Å². The van der Waals surface area contributed by atoms with E-state index in [0.717, 1.165) is 29.9 Å². The van der Waals surface area contributed by atoms with Crippen LogP contribution < -0.4 is 5.32 Å². The van der Waals surface area contributed by atoms with Gasteiger partial charge in [0.1, 0.15) is 0 Å². The molecule has 4 saturated carbocycles. The molecule has 4 fully saturated rings. The molecule has 136 valence electrons. The van der Waals surface area contributed by atoms with E-state index in [1.54, 1.807) is 4.90 Å². The lowest BCUT2D eigenvalue weighted by molar-refractivity contribution is -0.0503. The Morgan fingerprint density at radius 3 is 2.24 bits per heavy atom. The van der Waals surface area contributed by atoms with Gasteiger partial charge in [0.25, 0.3) is 0 Å². The number of rotatable bonds is 6. The second-order valence-corrected chi connectivity index (χ2v) is 8.71. The number of benzene rings is 1.